The van der Waals surface area contributed by atoms with Gasteiger partial charge in [-0.05, 0) is 256 Å². The van der Waals surface area contributed by atoms with Crippen molar-refractivity contribution in [3.8, 4) is 55.9 Å². The highest BCUT2D eigenvalue weighted by atomic mass is 15.2. The first kappa shape index (κ1) is 52.9. The van der Waals surface area contributed by atoms with E-state index < -0.39 is 185 Å². The summed E-state index contributed by atoms with van der Waals surface area (Å²) in [5, 5.41) is -0.988. The third-order valence-corrected chi connectivity index (χ3v) is 21.7. The maximum absolute atomic E-state index is 11.2. The Morgan fingerprint density at radius 3 is 0.975 bits per heavy atom. The molecule has 0 N–H and O–H groups in total. The van der Waals surface area contributed by atoms with Crippen molar-refractivity contribution < 1.29 is 39.8 Å². The Balaban J connectivity index is 1.18. The Morgan fingerprint density at radius 2 is 0.630 bits per heavy atom. The van der Waals surface area contributed by atoms with E-state index in [9.17, 15) is 39.8 Å². The molecule has 2 aromatic heterocycles. The van der Waals surface area contributed by atoms with E-state index in [2.05, 4.69) is 0 Å². The first-order valence-electron chi connectivity index (χ1n) is 55.8. The summed E-state index contributed by atoms with van der Waals surface area (Å²) in [7, 11) is 0. The molecular weight excluding hydrogens is 1440 g/mol. The van der Waals surface area contributed by atoms with Gasteiger partial charge < -0.3 is 18.9 Å². The van der Waals surface area contributed by atoms with Crippen LogP contribution in [0.3, 0.4) is 0 Å². The van der Waals surface area contributed by atoms with Crippen molar-refractivity contribution in [3.05, 3.63) is 305 Å². The summed E-state index contributed by atoms with van der Waals surface area (Å²) < 4.78 is 293. The van der Waals surface area contributed by atoms with Crippen LogP contribution in [0, 0.1) is 37.9 Å². The standard InChI is InChI=1S/C114H123BN4/c1-73(114(20,21)22)78-38-34-42-82(60-78)94-62-84(72-113(17,18)19)92(80-40-32-36-75(56-80)68-109(5,6)7)66-102(94)119-104-64-86(117-99-49-29-25-45-89(99)90-46-26-30-50-100(90)117)52-54-96(104)115-95-53-51-85(116-97-47-27-23-43-87(97)88-44-24-28-48-98(88)116)63-103(95)118(105-58-77(70-111(11,12)13)59-106(119)107(105)115)101-65-91(79-39-31-35-74(55-79)67-108(2,3)4)83(71-112(14,15)16)61-93(101)81-41-33-37-76(57-81)69-110(8,9)10/h23-66,73H,67-72H2,1-22H3/i23D,24D,25D,26D,27D,28D,29D,30D,43D,44D,45D,46D,47D,48D,49D,50D,67D2,68D2,69D2,70D2,71D2,72D2,73D. The molecule has 0 amide bonds. The summed E-state index contributed by atoms with van der Waals surface area (Å²) in [6.07, 6.45) is -13.5. The molecule has 0 aliphatic carbocycles. The first-order valence-corrected chi connectivity index (χ1v) is 41.3. The maximum atomic E-state index is 11.2. The molecule has 2 aliphatic heterocycles. The molecule has 0 saturated carbocycles. The lowest BCUT2D eigenvalue weighted by atomic mass is 9.33. The molecule has 2 aliphatic rings. The molecule has 119 heavy (non-hydrogen) atoms. The van der Waals surface area contributed by atoms with Crippen molar-refractivity contribution in [3.63, 3.8) is 0 Å². The summed E-state index contributed by atoms with van der Waals surface area (Å²) in [6, 6.07) is 38.4. The van der Waals surface area contributed by atoms with Crippen LogP contribution in [0.1, 0.15) is 237 Å². The van der Waals surface area contributed by atoms with E-state index in [1.165, 1.54) is 9.13 Å². The molecule has 602 valence electrons. The van der Waals surface area contributed by atoms with E-state index in [-0.39, 0.29) is 139 Å². The van der Waals surface area contributed by atoms with Gasteiger partial charge in [0.1, 0.15) is 0 Å². The SMILES string of the molecule is [2H]c1c([2H])c([2H])c2c(c1[2H])c1c([2H])c([2H])c([2H])c([2H])c1n2-c1ccc2c(c1)N(c1cc(-c3cccc(C([2H])([2H])C(C)(C)C)c3)c(C([2H])([2H])C(C)(C)C)cc1-c1cccc(C([2H])([2H])C(C)(C)C)c1)c1cc(C([2H])([2H])C(C)(C)C)cc3c1B2c1ccc(-n2c4c([2H])c([2H])c([2H])c([2H])c4c4c([2H])c([2H])c([2H])c([2H])c42)cc1N3c1cc(-c2cccc(C([2H])([2H])C(C)(C)C)c2)c(C([2H])([2H])C(C)(C)C)cc1-c1cccc(C([2H])(C)C(C)(C)C)c1. The number of fused-ring (bicyclic) bond motifs is 10. The monoisotopic (exact) mass is 1590 g/mol. The van der Waals surface area contributed by atoms with E-state index in [0.29, 0.717) is 49.8 Å². The topological polar surface area (TPSA) is 16.3 Å². The predicted molar refractivity (Wildman–Crippen MR) is 518 cm³/mol. The highest BCUT2D eigenvalue weighted by Gasteiger charge is 2.46. The van der Waals surface area contributed by atoms with Crippen LogP contribution in [0.15, 0.2) is 267 Å². The van der Waals surface area contributed by atoms with Crippen LogP contribution in [-0.4, -0.2) is 15.8 Å². The number of rotatable bonds is 15. The molecule has 1 atom stereocenters. The Kier molecular flexibility index (Phi) is 13.3. The van der Waals surface area contributed by atoms with E-state index in [0.717, 1.165) is 0 Å². The molecule has 0 bridgehead atoms. The number of hydrogen-bond donors (Lipinski definition) is 0. The summed E-state index contributed by atoms with van der Waals surface area (Å²) in [5.74, 6) is -1.38. The summed E-state index contributed by atoms with van der Waals surface area (Å²) in [5.41, 5.74) is -2.71. The molecule has 0 fully saturated rings. The maximum Gasteiger partial charge on any atom is 0.252 e. The van der Waals surface area contributed by atoms with Crippen molar-refractivity contribution >= 4 is 101 Å². The minimum absolute atomic E-state index is 0.0119. The molecule has 0 saturated heterocycles. The van der Waals surface area contributed by atoms with Gasteiger partial charge in [-0.3, -0.25) is 0 Å². The van der Waals surface area contributed by atoms with Crippen molar-refractivity contribution in [1.29, 1.82) is 0 Å². The molecule has 1 unspecified atom stereocenters. The average molecular weight is 1590 g/mol. The number of para-hydroxylation sites is 4. The van der Waals surface area contributed by atoms with Gasteiger partial charge in [0, 0.05) is 84.6 Å². The van der Waals surface area contributed by atoms with Gasteiger partial charge in [-0.1, -0.05) is 334 Å². The Hall–Kier alpha value is -10.9. The Labute approximate surface area is 752 Å². The van der Waals surface area contributed by atoms with Gasteiger partial charge in [0.05, 0.1) is 55.4 Å². The summed E-state index contributed by atoms with van der Waals surface area (Å²) in [4.78, 5) is 3.80. The fraction of sp³-hybridized carbons (Fsp3) is 0.316. The van der Waals surface area contributed by atoms with Gasteiger partial charge in [0.15, 0.2) is 0 Å². The van der Waals surface area contributed by atoms with Gasteiger partial charge in [-0.25, -0.2) is 0 Å². The lowest BCUT2D eigenvalue weighted by Gasteiger charge is -2.46. The van der Waals surface area contributed by atoms with Crippen LogP contribution in [0.2, 0.25) is 0 Å². The Bertz CT molecular complexity index is 7550. The minimum atomic E-state index is -2.51. The highest BCUT2D eigenvalue weighted by molar-refractivity contribution is 7.00. The lowest BCUT2D eigenvalue weighted by Crippen LogP contribution is -2.61. The van der Waals surface area contributed by atoms with Crippen LogP contribution < -0.4 is 26.2 Å². The van der Waals surface area contributed by atoms with Crippen LogP contribution in [0.5, 0.6) is 0 Å². The molecule has 13 aromatic carbocycles. The smallest absolute Gasteiger partial charge is 0.252 e. The van der Waals surface area contributed by atoms with Gasteiger partial charge in [-0.15, -0.1) is 0 Å². The number of hydrogen-bond acceptors (Lipinski definition) is 2. The first-order chi connectivity index (χ1) is 67.9. The zero-order valence-electron chi connectivity index (χ0n) is 102. The molecule has 5 heteroatoms. The molecule has 17 rings (SSSR count). The van der Waals surface area contributed by atoms with Gasteiger partial charge in [0.2, 0.25) is 0 Å². The van der Waals surface area contributed by atoms with E-state index in [1.54, 1.807) is 264 Å². The molecule has 4 heterocycles. The fourth-order valence-corrected chi connectivity index (χ4v) is 17.1. The van der Waals surface area contributed by atoms with Crippen molar-refractivity contribution in [1.82, 2.24) is 9.13 Å². The molecule has 15 aromatic rings. The lowest BCUT2D eigenvalue weighted by molar-refractivity contribution is 0.339. The molecule has 0 radical (unpaired) electrons. The number of benzene rings is 13. The number of aromatic nitrogens is 2. The Morgan fingerprint density at radius 1 is 0.311 bits per heavy atom. The quantitative estimate of drug-likeness (QED) is 0.0951. The molecule has 4 nitrogen and oxygen atoms in total. The van der Waals surface area contributed by atoms with Crippen LogP contribution in [0.4, 0.5) is 34.1 Å². The van der Waals surface area contributed by atoms with Gasteiger partial charge in [0.25, 0.3) is 6.71 Å². The highest BCUT2D eigenvalue weighted by Crippen LogP contribution is 2.54. The third-order valence-electron chi connectivity index (χ3n) is 21.7. The number of nitrogens with zero attached hydrogens (tertiary/aromatic N) is 4. The second-order valence-electron chi connectivity index (χ2n) is 39.4. The largest absolute Gasteiger partial charge is 0.311 e. The normalized spacial score (nSPS) is 18.2. The minimum Gasteiger partial charge on any atom is -0.311 e. The summed E-state index contributed by atoms with van der Waals surface area (Å²) >= 11 is 0. The van der Waals surface area contributed by atoms with Crippen molar-refractivity contribution in [2.24, 2.45) is 37.9 Å². The second-order valence-corrected chi connectivity index (χ2v) is 39.4. The molecule has 0 spiro atoms. The van der Waals surface area contributed by atoms with Crippen molar-refractivity contribution in [2.45, 2.75) is 196 Å². The number of anilines is 6. The second kappa shape index (κ2) is 29.8. The average Bonchev–Trinajstić information content (AvgIpc) is 0.947. The van der Waals surface area contributed by atoms with E-state index in [4.69, 9.17) is 0 Å². The predicted octanol–water partition coefficient (Wildman–Crippen LogP) is 30.3. The zero-order chi connectivity index (χ0) is 110. The third kappa shape index (κ3) is 16.1. The van der Waals surface area contributed by atoms with Crippen LogP contribution in [0.25, 0.3) is 99.5 Å². The van der Waals surface area contributed by atoms with E-state index >= 15 is 0 Å². The van der Waals surface area contributed by atoms with Crippen molar-refractivity contribution in [2.75, 3.05) is 9.80 Å². The van der Waals surface area contributed by atoms with Gasteiger partial charge >= 0.3 is 0 Å². The van der Waals surface area contributed by atoms with E-state index in [1.807, 2.05) is 67.8 Å². The summed E-state index contributed by atoms with van der Waals surface area (Å²) in [6.45, 7) is 38.3. The van der Waals surface area contributed by atoms with Crippen LogP contribution in [-0.2, 0) is 38.2 Å². The zero-order valence-corrected chi connectivity index (χ0v) is 72.5. The molecular formula is C114H123BN4. The van der Waals surface area contributed by atoms with Gasteiger partial charge in [-0.2, -0.15) is 0 Å². The fourth-order valence-electron chi connectivity index (χ4n) is 17.1. The van der Waals surface area contributed by atoms with Crippen LogP contribution >= 0.6 is 0 Å².